The van der Waals surface area contributed by atoms with E-state index >= 15 is 0 Å². The van der Waals surface area contributed by atoms with Gasteiger partial charge < -0.3 is 0 Å². The first-order valence-electron chi connectivity index (χ1n) is 5.70. The second-order valence-electron chi connectivity index (χ2n) is 4.66. The van der Waals surface area contributed by atoms with E-state index in [9.17, 15) is 8.42 Å². The lowest BCUT2D eigenvalue weighted by atomic mass is 10.1. The van der Waals surface area contributed by atoms with Gasteiger partial charge in [-0.05, 0) is 46.3 Å². The Bertz CT molecular complexity index is 529. The van der Waals surface area contributed by atoms with Crippen molar-refractivity contribution in [3.8, 4) is 0 Å². The van der Waals surface area contributed by atoms with E-state index in [0.29, 0.717) is 5.92 Å². The predicted octanol–water partition coefficient (Wildman–Crippen LogP) is 1.69. The van der Waals surface area contributed by atoms with Crippen LogP contribution in [0, 0.1) is 5.92 Å². The van der Waals surface area contributed by atoms with Crippen molar-refractivity contribution < 1.29 is 8.42 Å². The molecule has 100 valence electrons. The van der Waals surface area contributed by atoms with Gasteiger partial charge in [0.25, 0.3) is 10.2 Å². The largest absolute Gasteiger partial charge is 0.279 e. The molecule has 0 aliphatic heterocycles. The van der Waals surface area contributed by atoms with Gasteiger partial charge in [-0.3, -0.25) is 4.98 Å². The molecule has 1 aliphatic rings. The lowest BCUT2D eigenvalue weighted by Crippen LogP contribution is -2.38. The van der Waals surface area contributed by atoms with Gasteiger partial charge >= 0.3 is 0 Å². The van der Waals surface area contributed by atoms with E-state index in [1.807, 2.05) is 6.07 Å². The first kappa shape index (κ1) is 13.9. The molecule has 1 fully saturated rings. The van der Waals surface area contributed by atoms with E-state index in [4.69, 9.17) is 0 Å². The summed E-state index contributed by atoms with van der Waals surface area (Å²) in [6.07, 6.45) is 5.50. The maximum Gasteiger partial charge on any atom is 0.279 e. The Morgan fingerprint density at radius 3 is 2.61 bits per heavy atom. The molecule has 1 heterocycles. The zero-order chi connectivity index (χ0) is 13.3. The maximum atomic E-state index is 11.9. The number of pyridine rings is 1. The number of nitrogens with one attached hydrogen (secondary N) is 1. The molecule has 0 saturated heterocycles. The molecule has 0 radical (unpaired) electrons. The minimum atomic E-state index is -3.42. The molecule has 1 aliphatic carbocycles. The van der Waals surface area contributed by atoms with Gasteiger partial charge in [0.05, 0.1) is 6.04 Å². The summed E-state index contributed by atoms with van der Waals surface area (Å²) in [6, 6.07) is 1.72. The number of hydrogen-bond donors (Lipinski definition) is 1. The average Bonchev–Trinajstić information content (AvgIpc) is 3.09. The smallest absolute Gasteiger partial charge is 0.263 e. The average molecular weight is 334 g/mol. The molecule has 0 aromatic carbocycles. The molecule has 1 N–H and O–H groups in total. The van der Waals surface area contributed by atoms with Crippen LogP contribution in [0.2, 0.25) is 0 Å². The molecule has 1 aromatic heterocycles. The lowest BCUT2D eigenvalue weighted by Gasteiger charge is -2.21. The fourth-order valence-electron chi connectivity index (χ4n) is 1.73. The summed E-state index contributed by atoms with van der Waals surface area (Å²) < 4.78 is 28.6. The zero-order valence-corrected chi connectivity index (χ0v) is 12.7. The maximum absolute atomic E-state index is 11.9. The first-order chi connectivity index (χ1) is 8.40. The van der Waals surface area contributed by atoms with E-state index in [0.717, 1.165) is 22.9 Å². The van der Waals surface area contributed by atoms with Gasteiger partial charge in [0.1, 0.15) is 0 Å². The third-order valence-electron chi connectivity index (χ3n) is 2.94. The van der Waals surface area contributed by atoms with Crippen LogP contribution in [-0.2, 0) is 10.2 Å². The number of aromatic nitrogens is 1. The Morgan fingerprint density at radius 2 is 2.11 bits per heavy atom. The van der Waals surface area contributed by atoms with Crippen molar-refractivity contribution in [3.63, 3.8) is 0 Å². The van der Waals surface area contributed by atoms with Gasteiger partial charge in [-0.25, -0.2) is 0 Å². The zero-order valence-electron chi connectivity index (χ0n) is 10.3. The molecule has 18 heavy (non-hydrogen) atoms. The van der Waals surface area contributed by atoms with E-state index in [1.54, 1.807) is 12.4 Å². The molecule has 0 bridgehead atoms. The SMILES string of the molecule is CN(C)S(=O)(=O)NC(c1cncc(Br)c1)C1CC1. The van der Waals surface area contributed by atoms with Crippen molar-refractivity contribution in [1.29, 1.82) is 0 Å². The topological polar surface area (TPSA) is 62.3 Å². The molecule has 2 rings (SSSR count). The standard InChI is InChI=1S/C11H16BrN3O2S/c1-15(2)18(16,17)14-11(8-3-4-8)9-5-10(12)7-13-6-9/h5-8,11,14H,3-4H2,1-2H3. The molecule has 0 amide bonds. The van der Waals surface area contributed by atoms with Crippen LogP contribution in [0.25, 0.3) is 0 Å². The Hall–Kier alpha value is -0.500. The molecule has 7 heteroatoms. The molecule has 1 saturated carbocycles. The van der Waals surface area contributed by atoms with Crippen LogP contribution in [0.5, 0.6) is 0 Å². The van der Waals surface area contributed by atoms with Crippen LogP contribution in [-0.4, -0.2) is 31.8 Å². The van der Waals surface area contributed by atoms with Crippen LogP contribution in [0.15, 0.2) is 22.9 Å². The summed E-state index contributed by atoms with van der Waals surface area (Å²) in [5.41, 5.74) is 0.900. The molecular weight excluding hydrogens is 318 g/mol. The number of halogens is 1. The highest BCUT2D eigenvalue weighted by Crippen LogP contribution is 2.41. The van der Waals surface area contributed by atoms with Crippen LogP contribution < -0.4 is 4.72 Å². The van der Waals surface area contributed by atoms with E-state index in [-0.39, 0.29) is 6.04 Å². The van der Waals surface area contributed by atoms with Gasteiger partial charge in [0.15, 0.2) is 0 Å². The highest BCUT2D eigenvalue weighted by Gasteiger charge is 2.35. The quantitative estimate of drug-likeness (QED) is 0.891. The van der Waals surface area contributed by atoms with Gasteiger partial charge in [-0.15, -0.1) is 0 Å². The fourth-order valence-corrected chi connectivity index (χ4v) is 2.97. The van der Waals surface area contributed by atoms with Crippen molar-refractivity contribution in [1.82, 2.24) is 14.0 Å². The minimum absolute atomic E-state index is 0.192. The summed E-state index contributed by atoms with van der Waals surface area (Å²) in [5, 5.41) is 0. The molecule has 1 atom stereocenters. The second-order valence-corrected chi connectivity index (χ2v) is 7.49. The van der Waals surface area contributed by atoms with Crippen molar-refractivity contribution in [2.75, 3.05) is 14.1 Å². The molecular formula is C11H16BrN3O2S. The summed E-state index contributed by atoms with van der Waals surface area (Å²) in [7, 11) is -0.385. The summed E-state index contributed by atoms with van der Waals surface area (Å²) >= 11 is 3.36. The van der Waals surface area contributed by atoms with Crippen molar-refractivity contribution in [2.24, 2.45) is 5.92 Å². The molecule has 1 aromatic rings. The highest BCUT2D eigenvalue weighted by atomic mass is 79.9. The van der Waals surface area contributed by atoms with Crippen LogP contribution in [0.1, 0.15) is 24.4 Å². The van der Waals surface area contributed by atoms with Crippen molar-refractivity contribution in [2.45, 2.75) is 18.9 Å². The summed E-state index contributed by atoms with van der Waals surface area (Å²) in [6.45, 7) is 0. The second kappa shape index (κ2) is 5.24. The third-order valence-corrected chi connectivity index (χ3v) is 4.88. The minimum Gasteiger partial charge on any atom is -0.263 e. The highest BCUT2D eigenvalue weighted by molar-refractivity contribution is 9.10. The first-order valence-corrected chi connectivity index (χ1v) is 7.93. The van der Waals surface area contributed by atoms with Gasteiger partial charge in [0.2, 0.25) is 0 Å². The normalized spacial score (nSPS) is 18.0. The Morgan fingerprint density at radius 1 is 1.44 bits per heavy atom. The summed E-state index contributed by atoms with van der Waals surface area (Å²) in [5.74, 6) is 0.371. The van der Waals surface area contributed by atoms with Crippen molar-refractivity contribution >= 4 is 26.1 Å². The van der Waals surface area contributed by atoms with Crippen LogP contribution >= 0.6 is 15.9 Å². The number of hydrogen-bond acceptors (Lipinski definition) is 3. The third kappa shape index (κ3) is 3.28. The van der Waals surface area contributed by atoms with Crippen molar-refractivity contribution in [3.05, 3.63) is 28.5 Å². The van der Waals surface area contributed by atoms with E-state index < -0.39 is 10.2 Å². The van der Waals surface area contributed by atoms with Gasteiger partial charge in [0, 0.05) is 31.0 Å². The van der Waals surface area contributed by atoms with Gasteiger partial charge in [-0.1, -0.05) is 0 Å². The molecule has 5 nitrogen and oxygen atoms in total. The lowest BCUT2D eigenvalue weighted by molar-refractivity contribution is 0.474. The molecule has 1 unspecified atom stereocenters. The number of rotatable bonds is 5. The van der Waals surface area contributed by atoms with E-state index in [2.05, 4.69) is 25.6 Å². The van der Waals surface area contributed by atoms with Crippen LogP contribution in [0.3, 0.4) is 0 Å². The monoisotopic (exact) mass is 333 g/mol. The predicted molar refractivity (Wildman–Crippen MR) is 73.1 cm³/mol. The van der Waals surface area contributed by atoms with Crippen LogP contribution in [0.4, 0.5) is 0 Å². The number of nitrogens with zero attached hydrogens (tertiary/aromatic N) is 2. The Balaban J connectivity index is 2.25. The summed E-state index contributed by atoms with van der Waals surface area (Å²) in [4.78, 5) is 4.09. The van der Waals surface area contributed by atoms with E-state index in [1.165, 1.54) is 18.4 Å². The fraction of sp³-hybridized carbons (Fsp3) is 0.545. The molecule has 0 spiro atoms. The van der Waals surface area contributed by atoms with Gasteiger partial charge in [-0.2, -0.15) is 17.4 Å². The Kier molecular flexibility index (Phi) is 4.05. The Labute approximate surface area is 116 Å².